The lowest BCUT2D eigenvalue weighted by Gasteiger charge is -2.30. The van der Waals surface area contributed by atoms with Gasteiger partial charge in [-0.1, -0.05) is 36.8 Å². The third kappa shape index (κ3) is 3.33. The van der Waals surface area contributed by atoms with Crippen LogP contribution in [-0.4, -0.2) is 17.1 Å². The van der Waals surface area contributed by atoms with Gasteiger partial charge in [0.15, 0.2) is 0 Å². The maximum absolute atomic E-state index is 11.0. The highest BCUT2D eigenvalue weighted by molar-refractivity contribution is 5.70. The summed E-state index contributed by atoms with van der Waals surface area (Å²) in [5.74, 6) is -0.812. The first-order valence-corrected chi connectivity index (χ1v) is 6.70. The van der Waals surface area contributed by atoms with Gasteiger partial charge in [0.1, 0.15) is 0 Å². The Bertz CT molecular complexity index is 391. The zero-order valence-electron chi connectivity index (χ0n) is 10.8. The molecule has 3 atom stereocenters. The van der Waals surface area contributed by atoms with Crippen molar-refractivity contribution in [3.8, 4) is 0 Å². The van der Waals surface area contributed by atoms with E-state index in [0.717, 1.165) is 25.7 Å². The standard InChI is InChI=1S/C15H21NO2/c1-11(12-6-3-2-4-7-12)16-14-9-5-8-13(10-14)15(17)18/h2-4,6-7,11,13-14,16H,5,8-10H2,1H3,(H,17,18)/t11-,13?,14?/m0/s1. The highest BCUT2D eigenvalue weighted by Gasteiger charge is 2.27. The van der Waals surface area contributed by atoms with Gasteiger partial charge in [0.2, 0.25) is 0 Å². The number of benzene rings is 1. The predicted octanol–water partition coefficient (Wildman–Crippen LogP) is 2.98. The van der Waals surface area contributed by atoms with Crippen molar-refractivity contribution >= 4 is 5.97 Å². The minimum atomic E-state index is -0.645. The molecular weight excluding hydrogens is 226 g/mol. The van der Waals surface area contributed by atoms with Crippen molar-refractivity contribution in [3.63, 3.8) is 0 Å². The van der Waals surface area contributed by atoms with Gasteiger partial charge in [0, 0.05) is 12.1 Å². The van der Waals surface area contributed by atoms with Gasteiger partial charge in [0.25, 0.3) is 0 Å². The number of carbonyl (C=O) groups is 1. The fraction of sp³-hybridized carbons (Fsp3) is 0.533. The van der Waals surface area contributed by atoms with Gasteiger partial charge in [-0.2, -0.15) is 0 Å². The molecule has 0 amide bonds. The molecule has 1 aromatic rings. The van der Waals surface area contributed by atoms with Gasteiger partial charge in [-0.15, -0.1) is 0 Å². The molecule has 0 aliphatic heterocycles. The van der Waals surface area contributed by atoms with Crippen LogP contribution in [0.3, 0.4) is 0 Å². The molecule has 1 aliphatic rings. The molecular formula is C15H21NO2. The number of nitrogens with one attached hydrogen (secondary N) is 1. The van der Waals surface area contributed by atoms with E-state index in [2.05, 4.69) is 24.4 Å². The molecule has 0 spiro atoms. The number of aliphatic carboxylic acids is 1. The third-order valence-electron chi connectivity index (χ3n) is 3.81. The van der Waals surface area contributed by atoms with Gasteiger partial charge >= 0.3 is 5.97 Å². The van der Waals surface area contributed by atoms with Crippen molar-refractivity contribution in [1.82, 2.24) is 5.32 Å². The molecule has 1 aromatic carbocycles. The molecule has 2 N–H and O–H groups in total. The third-order valence-corrected chi connectivity index (χ3v) is 3.81. The smallest absolute Gasteiger partial charge is 0.306 e. The second kappa shape index (κ2) is 6.01. The van der Waals surface area contributed by atoms with E-state index < -0.39 is 5.97 Å². The fourth-order valence-electron chi connectivity index (χ4n) is 2.76. The Labute approximate surface area is 108 Å². The number of hydrogen-bond acceptors (Lipinski definition) is 2. The number of rotatable bonds is 4. The van der Waals surface area contributed by atoms with Gasteiger partial charge in [0.05, 0.1) is 5.92 Å². The number of carboxylic acid groups (broad SMARTS) is 1. The lowest BCUT2D eigenvalue weighted by molar-refractivity contribution is -0.143. The topological polar surface area (TPSA) is 49.3 Å². The van der Waals surface area contributed by atoms with Crippen LogP contribution in [0, 0.1) is 5.92 Å². The largest absolute Gasteiger partial charge is 0.481 e. The highest BCUT2D eigenvalue weighted by atomic mass is 16.4. The van der Waals surface area contributed by atoms with E-state index in [1.165, 1.54) is 5.56 Å². The molecule has 2 unspecified atom stereocenters. The Balaban J connectivity index is 1.91. The van der Waals surface area contributed by atoms with Crippen molar-refractivity contribution < 1.29 is 9.90 Å². The summed E-state index contributed by atoms with van der Waals surface area (Å²) in [5, 5.41) is 12.6. The Morgan fingerprint density at radius 2 is 2.06 bits per heavy atom. The molecule has 1 saturated carbocycles. The average Bonchev–Trinajstić information content (AvgIpc) is 2.40. The van der Waals surface area contributed by atoms with Crippen LogP contribution >= 0.6 is 0 Å². The van der Waals surface area contributed by atoms with E-state index in [4.69, 9.17) is 5.11 Å². The molecule has 0 saturated heterocycles. The van der Waals surface area contributed by atoms with Crippen molar-refractivity contribution in [1.29, 1.82) is 0 Å². The van der Waals surface area contributed by atoms with Crippen molar-refractivity contribution in [2.24, 2.45) is 5.92 Å². The van der Waals surface area contributed by atoms with Crippen LogP contribution in [0.25, 0.3) is 0 Å². The summed E-state index contributed by atoms with van der Waals surface area (Å²) in [6, 6.07) is 10.9. The van der Waals surface area contributed by atoms with Crippen molar-refractivity contribution in [2.75, 3.05) is 0 Å². The summed E-state index contributed by atoms with van der Waals surface area (Å²) in [4.78, 5) is 11.0. The number of carboxylic acids is 1. The van der Waals surface area contributed by atoms with E-state index in [0.29, 0.717) is 6.04 Å². The molecule has 18 heavy (non-hydrogen) atoms. The molecule has 2 rings (SSSR count). The normalized spacial score (nSPS) is 25.6. The van der Waals surface area contributed by atoms with E-state index in [1.807, 2.05) is 18.2 Å². The second-order valence-corrected chi connectivity index (χ2v) is 5.20. The molecule has 98 valence electrons. The average molecular weight is 247 g/mol. The van der Waals surface area contributed by atoms with E-state index >= 15 is 0 Å². The highest BCUT2D eigenvalue weighted by Crippen LogP contribution is 2.26. The molecule has 3 nitrogen and oxygen atoms in total. The molecule has 1 aliphatic carbocycles. The summed E-state index contributed by atoms with van der Waals surface area (Å²) in [6.45, 7) is 2.14. The van der Waals surface area contributed by atoms with Crippen LogP contribution in [0.5, 0.6) is 0 Å². The molecule has 0 bridgehead atoms. The monoisotopic (exact) mass is 247 g/mol. The first kappa shape index (κ1) is 13.1. The van der Waals surface area contributed by atoms with Crippen LogP contribution in [0.1, 0.15) is 44.2 Å². The lowest BCUT2D eigenvalue weighted by atomic mass is 9.85. The second-order valence-electron chi connectivity index (χ2n) is 5.20. The summed E-state index contributed by atoms with van der Waals surface area (Å²) < 4.78 is 0. The Kier molecular flexibility index (Phi) is 4.37. The predicted molar refractivity (Wildman–Crippen MR) is 71.4 cm³/mol. The zero-order valence-corrected chi connectivity index (χ0v) is 10.8. The molecule has 0 aromatic heterocycles. The van der Waals surface area contributed by atoms with Crippen LogP contribution in [0.2, 0.25) is 0 Å². The van der Waals surface area contributed by atoms with Gasteiger partial charge in [-0.05, 0) is 31.7 Å². The molecule has 3 heteroatoms. The van der Waals surface area contributed by atoms with E-state index in [9.17, 15) is 4.79 Å². The minimum absolute atomic E-state index is 0.167. The van der Waals surface area contributed by atoms with Gasteiger partial charge < -0.3 is 10.4 Å². The zero-order chi connectivity index (χ0) is 13.0. The van der Waals surface area contributed by atoms with Crippen LogP contribution in [0.15, 0.2) is 30.3 Å². The maximum atomic E-state index is 11.0. The molecule has 1 fully saturated rings. The van der Waals surface area contributed by atoms with Gasteiger partial charge in [-0.3, -0.25) is 4.79 Å². The maximum Gasteiger partial charge on any atom is 0.306 e. The minimum Gasteiger partial charge on any atom is -0.481 e. The Morgan fingerprint density at radius 1 is 1.33 bits per heavy atom. The first-order valence-electron chi connectivity index (χ1n) is 6.70. The fourth-order valence-corrected chi connectivity index (χ4v) is 2.76. The molecule has 0 heterocycles. The number of hydrogen-bond donors (Lipinski definition) is 2. The first-order chi connectivity index (χ1) is 8.66. The Hall–Kier alpha value is -1.35. The summed E-state index contributed by atoms with van der Waals surface area (Å²) in [7, 11) is 0. The summed E-state index contributed by atoms with van der Waals surface area (Å²) >= 11 is 0. The summed E-state index contributed by atoms with van der Waals surface area (Å²) in [5.41, 5.74) is 1.26. The molecule has 0 radical (unpaired) electrons. The van der Waals surface area contributed by atoms with Crippen molar-refractivity contribution in [3.05, 3.63) is 35.9 Å². The van der Waals surface area contributed by atoms with Crippen LogP contribution in [0.4, 0.5) is 0 Å². The van der Waals surface area contributed by atoms with Crippen LogP contribution < -0.4 is 5.32 Å². The van der Waals surface area contributed by atoms with Crippen molar-refractivity contribution in [2.45, 2.75) is 44.7 Å². The quantitative estimate of drug-likeness (QED) is 0.860. The lowest BCUT2D eigenvalue weighted by Crippen LogP contribution is -2.37. The van der Waals surface area contributed by atoms with E-state index in [1.54, 1.807) is 0 Å². The SMILES string of the molecule is C[C@H](NC1CCCC(C(=O)O)C1)c1ccccc1. The van der Waals surface area contributed by atoms with E-state index in [-0.39, 0.29) is 12.0 Å². The summed E-state index contributed by atoms with van der Waals surface area (Å²) in [6.07, 6.45) is 3.68. The Morgan fingerprint density at radius 3 is 2.72 bits per heavy atom. The van der Waals surface area contributed by atoms with Crippen LogP contribution in [-0.2, 0) is 4.79 Å². The van der Waals surface area contributed by atoms with Gasteiger partial charge in [-0.25, -0.2) is 0 Å².